The van der Waals surface area contributed by atoms with Crippen LogP contribution in [-0.2, 0) is 23.9 Å². The highest BCUT2D eigenvalue weighted by atomic mass is 16.5. The number of hydrogen-bond acceptors (Lipinski definition) is 5. The van der Waals surface area contributed by atoms with Crippen molar-refractivity contribution in [1.29, 1.82) is 0 Å². The van der Waals surface area contributed by atoms with Gasteiger partial charge in [-0.05, 0) is 122 Å². The first-order chi connectivity index (χ1) is 23.6. The third-order valence-electron chi connectivity index (χ3n) is 16.3. The molecule has 0 spiro atoms. The molecule has 5 aliphatic carbocycles. The largest absolute Gasteiger partial charge is 0.469 e. The molecule has 1 unspecified atom stereocenters. The molecule has 4 saturated carbocycles. The summed E-state index contributed by atoms with van der Waals surface area (Å²) < 4.78 is 10.6. The Kier molecular flexibility index (Phi) is 12.0. The van der Waals surface area contributed by atoms with Crippen molar-refractivity contribution in [3.63, 3.8) is 0 Å². The number of ether oxygens (including phenoxy) is 2. The Labute approximate surface area is 305 Å². The van der Waals surface area contributed by atoms with E-state index in [1.807, 2.05) is 0 Å². The van der Waals surface area contributed by atoms with Crippen molar-refractivity contribution >= 4 is 17.8 Å². The average Bonchev–Trinajstić information content (AvgIpc) is 3.46. The van der Waals surface area contributed by atoms with E-state index >= 15 is 0 Å². The van der Waals surface area contributed by atoms with E-state index in [-0.39, 0.29) is 45.1 Å². The molecule has 0 aromatic rings. The molecule has 1 N–H and O–H groups in total. The zero-order valence-corrected chi connectivity index (χ0v) is 33.5. The summed E-state index contributed by atoms with van der Waals surface area (Å²) >= 11 is 0. The predicted molar refractivity (Wildman–Crippen MR) is 201 cm³/mol. The molecule has 6 nitrogen and oxygen atoms in total. The van der Waals surface area contributed by atoms with Gasteiger partial charge in [0.05, 0.1) is 12.5 Å². The fourth-order valence-electron chi connectivity index (χ4n) is 13.5. The van der Waals surface area contributed by atoms with E-state index in [1.54, 1.807) is 0 Å². The molecular weight excluding hydrogens is 622 g/mol. The Morgan fingerprint density at radius 3 is 2.08 bits per heavy atom. The Balaban J connectivity index is 1.24. The summed E-state index contributed by atoms with van der Waals surface area (Å²) in [5.74, 6) is 3.40. The molecule has 0 saturated heterocycles. The van der Waals surface area contributed by atoms with E-state index in [0.29, 0.717) is 47.8 Å². The number of hydrogen-bond donors (Lipinski definition) is 1. The number of rotatable bonds is 14. The van der Waals surface area contributed by atoms with Crippen LogP contribution in [0.5, 0.6) is 0 Å². The van der Waals surface area contributed by atoms with Gasteiger partial charge in [-0.1, -0.05) is 93.1 Å². The Morgan fingerprint density at radius 2 is 1.44 bits per heavy atom. The molecule has 4 fully saturated rings. The molecule has 1 amide bonds. The molecule has 5 aliphatic rings. The van der Waals surface area contributed by atoms with Crippen molar-refractivity contribution in [2.24, 2.45) is 62.6 Å². The lowest BCUT2D eigenvalue weighted by Gasteiger charge is -2.72. The molecule has 6 heteroatoms. The third kappa shape index (κ3) is 6.85. The van der Waals surface area contributed by atoms with Crippen molar-refractivity contribution in [2.45, 2.75) is 171 Å². The minimum Gasteiger partial charge on any atom is -0.469 e. The van der Waals surface area contributed by atoms with Crippen LogP contribution in [0.3, 0.4) is 0 Å². The minimum absolute atomic E-state index is 0.0741. The van der Waals surface area contributed by atoms with E-state index in [2.05, 4.69) is 65.9 Å². The van der Waals surface area contributed by atoms with Crippen LogP contribution in [0.2, 0.25) is 0 Å². The first-order valence-electron chi connectivity index (χ1n) is 20.8. The molecule has 0 aliphatic heterocycles. The Morgan fingerprint density at radius 1 is 0.780 bits per heavy atom. The number of esters is 2. The zero-order chi connectivity index (χ0) is 36.5. The molecule has 0 aromatic heterocycles. The Bertz CT molecular complexity index is 1260. The number of allylic oxidation sites excluding steroid dienone is 1. The molecule has 10 atom stereocenters. The molecule has 0 radical (unpaired) electrons. The van der Waals surface area contributed by atoms with Crippen LogP contribution in [0, 0.1) is 62.6 Å². The fraction of sp³-hybridized carbons (Fsp3) is 0.886. The van der Waals surface area contributed by atoms with Crippen molar-refractivity contribution in [3.05, 3.63) is 12.2 Å². The first kappa shape index (κ1) is 39.4. The maximum absolute atomic E-state index is 14.4. The van der Waals surface area contributed by atoms with E-state index in [0.717, 1.165) is 45.1 Å². The van der Waals surface area contributed by atoms with Crippen molar-refractivity contribution in [3.8, 4) is 0 Å². The molecule has 0 heterocycles. The lowest BCUT2D eigenvalue weighted by Crippen LogP contribution is -2.67. The van der Waals surface area contributed by atoms with Crippen LogP contribution in [0.4, 0.5) is 0 Å². The summed E-state index contributed by atoms with van der Waals surface area (Å²) in [6.07, 6.45) is 23.5. The summed E-state index contributed by atoms with van der Waals surface area (Å²) in [6.45, 7) is 19.7. The van der Waals surface area contributed by atoms with E-state index in [4.69, 9.17) is 9.47 Å². The molecule has 284 valence electrons. The Hall–Kier alpha value is -1.85. The van der Waals surface area contributed by atoms with Gasteiger partial charge in [-0.25, -0.2) is 0 Å². The van der Waals surface area contributed by atoms with E-state index in [9.17, 15) is 14.4 Å². The number of methoxy groups -OCH3 is 1. The summed E-state index contributed by atoms with van der Waals surface area (Å²) in [4.78, 5) is 37.8. The second-order valence-corrected chi connectivity index (χ2v) is 19.3. The van der Waals surface area contributed by atoms with Gasteiger partial charge >= 0.3 is 11.9 Å². The highest BCUT2D eigenvalue weighted by molar-refractivity contribution is 5.83. The van der Waals surface area contributed by atoms with Crippen LogP contribution in [0.15, 0.2) is 12.2 Å². The van der Waals surface area contributed by atoms with Gasteiger partial charge < -0.3 is 14.8 Å². The zero-order valence-electron chi connectivity index (χ0n) is 33.5. The third-order valence-corrected chi connectivity index (χ3v) is 16.3. The fourth-order valence-corrected chi connectivity index (χ4v) is 13.5. The lowest BCUT2D eigenvalue weighted by atomic mass is 9.33. The first-order valence-corrected chi connectivity index (χ1v) is 20.8. The van der Waals surface area contributed by atoms with Gasteiger partial charge in [0.25, 0.3) is 0 Å². The van der Waals surface area contributed by atoms with Gasteiger partial charge in [0.15, 0.2) is 0 Å². The molecule has 0 aromatic carbocycles. The second kappa shape index (κ2) is 15.2. The normalized spacial score (nSPS) is 39.9. The van der Waals surface area contributed by atoms with Crippen molar-refractivity contribution in [1.82, 2.24) is 5.32 Å². The molecule has 0 bridgehead atoms. The van der Waals surface area contributed by atoms with Crippen molar-refractivity contribution in [2.75, 3.05) is 13.7 Å². The van der Waals surface area contributed by atoms with E-state index in [1.165, 1.54) is 78.2 Å². The van der Waals surface area contributed by atoms with Crippen LogP contribution < -0.4 is 5.32 Å². The topological polar surface area (TPSA) is 81.7 Å². The van der Waals surface area contributed by atoms with Gasteiger partial charge in [0, 0.05) is 25.3 Å². The highest BCUT2D eigenvalue weighted by Gasteiger charge is 2.71. The summed E-state index contributed by atoms with van der Waals surface area (Å²) in [5, 5.41) is 3.52. The maximum atomic E-state index is 14.4. The SMILES string of the molecule is COC(=O)CCCCCCCCCCNC(=O)[C@]12CC[C@@H](C(C)C)[C@@H]1[C@H]1CC[C@@H]3[C@@]4(C)C=CC(OC(C)=O)C(C)(C)[C@@H]4CC[C@@]3(C)[C@]1(C)CC2. The maximum Gasteiger partial charge on any atom is 0.305 e. The molecule has 50 heavy (non-hydrogen) atoms. The van der Waals surface area contributed by atoms with Gasteiger partial charge in [-0.3, -0.25) is 14.4 Å². The summed E-state index contributed by atoms with van der Waals surface area (Å²) in [6, 6.07) is 0. The lowest BCUT2D eigenvalue weighted by molar-refractivity contribution is -0.227. The van der Waals surface area contributed by atoms with Crippen LogP contribution in [-0.4, -0.2) is 37.6 Å². The number of amides is 1. The smallest absolute Gasteiger partial charge is 0.305 e. The van der Waals surface area contributed by atoms with E-state index < -0.39 is 0 Å². The minimum atomic E-state index is -0.211. The van der Waals surface area contributed by atoms with Crippen LogP contribution >= 0.6 is 0 Å². The number of unbranched alkanes of at least 4 members (excludes halogenated alkanes) is 7. The monoisotopic (exact) mass is 696 g/mol. The van der Waals surface area contributed by atoms with Gasteiger partial charge in [-0.2, -0.15) is 0 Å². The quantitative estimate of drug-likeness (QED) is 0.111. The van der Waals surface area contributed by atoms with Gasteiger partial charge in [0.2, 0.25) is 5.91 Å². The predicted octanol–water partition coefficient (Wildman–Crippen LogP) is 10.2. The number of carbonyl (C=O) groups is 3. The van der Waals surface area contributed by atoms with Gasteiger partial charge in [-0.15, -0.1) is 0 Å². The average molecular weight is 696 g/mol. The van der Waals surface area contributed by atoms with Crippen LogP contribution in [0.25, 0.3) is 0 Å². The summed E-state index contributed by atoms with van der Waals surface area (Å²) in [5.41, 5.74) is 0.182. The molecule has 5 rings (SSSR count). The molecular formula is C44H73NO5. The number of nitrogens with one attached hydrogen (secondary N) is 1. The van der Waals surface area contributed by atoms with Crippen molar-refractivity contribution < 1.29 is 23.9 Å². The summed E-state index contributed by atoms with van der Waals surface area (Å²) in [7, 11) is 1.46. The standard InChI is InChI=1S/C44H73NO5/c1-30(2)32-21-26-44(39(48)45-29-17-15-13-11-10-12-14-16-18-37(47)49-9)28-27-42(7)33(38(32)44)19-20-35-41(6)24-23-36(50-31(3)46)40(4,5)34(41)22-25-43(35,42)8/h23-24,30,32-36,38H,10-22,25-29H2,1-9H3,(H,45,48)/t32-,33+,34-,35+,36?,38+,41-,42+,43+,44-/m0/s1. The second-order valence-electron chi connectivity index (χ2n) is 19.3. The number of carbonyl (C=O) groups excluding carboxylic acids is 3. The highest BCUT2D eigenvalue weighted by Crippen LogP contribution is 2.77. The number of fused-ring (bicyclic) bond motifs is 7. The van der Waals surface area contributed by atoms with Gasteiger partial charge in [0.1, 0.15) is 6.10 Å². The van der Waals surface area contributed by atoms with Crippen LogP contribution in [0.1, 0.15) is 165 Å².